The second-order valence-electron chi connectivity index (χ2n) is 3.80. The number of hydrogen-bond acceptors (Lipinski definition) is 3. The van der Waals surface area contributed by atoms with Crippen LogP contribution < -0.4 is 10.6 Å². The van der Waals surface area contributed by atoms with Gasteiger partial charge < -0.3 is 10.6 Å². The number of halogens is 1. The fourth-order valence-corrected chi connectivity index (χ4v) is 3.17. The van der Waals surface area contributed by atoms with Gasteiger partial charge in [-0.05, 0) is 58.6 Å². The molecule has 90 valence electrons. The molecule has 1 aromatic carbocycles. The van der Waals surface area contributed by atoms with E-state index in [-0.39, 0.29) is 0 Å². The molecule has 2 N–H and O–H groups in total. The number of anilines is 2. The fourth-order valence-electron chi connectivity index (χ4n) is 1.68. The van der Waals surface area contributed by atoms with Crippen LogP contribution in [0.3, 0.4) is 0 Å². The van der Waals surface area contributed by atoms with Crippen LogP contribution in [0.25, 0.3) is 0 Å². The smallest absolute Gasteiger partial charge is 0.0534 e. The molecule has 0 radical (unpaired) electrons. The molecule has 1 heterocycles. The number of nitrogens with zero attached hydrogens (tertiary/aromatic N) is 1. The zero-order chi connectivity index (χ0) is 12.3. The molecule has 0 spiro atoms. The Labute approximate surface area is 114 Å². The van der Waals surface area contributed by atoms with E-state index in [2.05, 4.69) is 51.3 Å². The molecule has 0 aliphatic carbocycles. The molecule has 0 aliphatic heterocycles. The van der Waals surface area contributed by atoms with Crippen molar-refractivity contribution < 1.29 is 0 Å². The van der Waals surface area contributed by atoms with Crippen molar-refractivity contribution in [2.24, 2.45) is 0 Å². The number of nitrogens with two attached hydrogens (primary N) is 1. The molecule has 4 heteroatoms. The summed E-state index contributed by atoms with van der Waals surface area (Å²) >= 11 is 5.35. The van der Waals surface area contributed by atoms with Crippen molar-refractivity contribution in [1.29, 1.82) is 0 Å². The Morgan fingerprint density at radius 1 is 1.24 bits per heavy atom. The van der Waals surface area contributed by atoms with E-state index < -0.39 is 0 Å². The molecule has 0 aliphatic rings. The number of rotatable bonds is 4. The molecule has 2 nitrogen and oxygen atoms in total. The summed E-state index contributed by atoms with van der Waals surface area (Å²) in [5.74, 6) is 0. The lowest BCUT2D eigenvalue weighted by molar-refractivity contribution is 0.840. The predicted octanol–water partition coefficient (Wildman–Crippen LogP) is 4.12. The van der Waals surface area contributed by atoms with Crippen molar-refractivity contribution in [3.8, 4) is 0 Å². The standard InChI is InChI=1S/C13H15BrN2S/c1-2-16(9-13-12(14)7-8-17-13)11-5-3-10(15)4-6-11/h3-8H,2,9,15H2,1H3. The molecular formula is C13H15BrN2S. The number of hydrogen-bond donors (Lipinski definition) is 1. The summed E-state index contributed by atoms with van der Waals surface area (Å²) in [6.07, 6.45) is 0. The molecule has 0 saturated carbocycles. The Morgan fingerprint density at radius 2 is 1.94 bits per heavy atom. The molecule has 0 atom stereocenters. The Bertz CT molecular complexity index is 478. The van der Waals surface area contributed by atoms with Crippen LogP contribution in [0.5, 0.6) is 0 Å². The van der Waals surface area contributed by atoms with Crippen LogP contribution in [0, 0.1) is 0 Å². The number of nitrogen functional groups attached to an aromatic ring is 1. The molecule has 2 aromatic rings. The molecule has 0 amide bonds. The zero-order valence-corrected chi connectivity index (χ0v) is 12.1. The van der Waals surface area contributed by atoms with Crippen LogP contribution in [0.1, 0.15) is 11.8 Å². The van der Waals surface area contributed by atoms with Gasteiger partial charge in [-0.25, -0.2) is 0 Å². The molecule has 1 aromatic heterocycles. The summed E-state index contributed by atoms with van der Waals surface area (Å²) in [6, 6.07) is 10.1. The predicted molar refractivity (Wildman–Crippen MR) is 79.6 cm³/mol. The topological polar surface area (TPSA) is 29.3 Å². The van der Waals surface area contributed by atoms with Gasteiger partial charge in [0.1, 0.15) is 0 Å². The van der Waals surface area contributed by atoms with Gasteiger partial charge in [-0.1, -0.05) is 0 Å². The highest BCUT2D eigenvalue weighted by atomic mass is 79.9. The van der Waals surface area contributed by atoms with Gasteiger partial charge in [-0.15, -0.1) is 11.3 Å². The van der Waals surface area contributed by atoms with E-state index in [1.165, 1.54) is 15.0 Å². The number of thiophene rings is 1. The Balaban J connectivity index is 2.17. The van der Waals surface area contributed by atoms with Gasteiger partial charge in [0.2, 0.25) is 0 Å². The van der Waals surface area contributed by atoms with Crippen molar-refractivity contribution in [2.45, 2.75) is 13.5 Å². The van der Waals surface area contributed by atoms with E-state index in [9.17, 15) is 0 Å². The van der Waals surface area contributed by atoms with Crippen molar-refractivity contribution in [2.75, 3.05) is 17.2 Å². The molecule has 0 saturated heterocycles. The lowest BCUT2D eigenvalue weighted by atomic mass is 10.2. The van der Waals surface area contributed by atoms with Gasteiger partial charge in [0.05, 0.1) is 6.54 Å². The van der Waals surface area contributed by atoms with E-state index >= 15 is 0 Å². The first-order chi connectivity index (χ1) is 8.20. The monoisotopic (exact) mass is 310 g/mol. The first-order valence-electron chi connectivity index (χ1n) is 5.53. The summed E-state index contributed by atoms with van der Waals surface area (Å²) in [5.41, 5.74) is 7.72. The average molecular weight is 311 g/mol. The fraction of sp³-hybridized carbons (Fsp3) is 0.231. The van der Waals surface area contributed by atoms with E-state index in [1.54, 1.807) is 11.3 Å². The molecule has 2 rings (SSSR count). The van der Waals surface area contributed by atoms with Crippen LogP contribution >= 0.6 is 27.3 Å². The van der Waals surface area contributed by atoms with Crippen molar-refractivity contribution >= 4 is 38.6 Å². The van der Waals surface area contributed by atoms with Gasteiger partial charge in [-0.3, -0.25) is 0 Å². The minimum absolute atomic E-state index is 0.808. The van der Waals surface area contributed by atoms with Gasteiger partial charge in [0, 0.05) is 27.3 Å². The summed E-state index contributed by atoms with van der Waals surface area (Å²) in [7, 11) is 0. The summed E-state index contributed by atoms with van der Waals surface area (Å²) in [4.78, 5) is 3.68. The third-order valence-corrected chi connectivity index (χ3v) is 4.58. The van der Waals surface area contributed by atoms with Crippen LogP contribution in [0.4, 0.5) is 11.4 Å². The lowest BCUT2D eigenvalue weighted by Crippen LogP contribution is -2.21. The van der Waals surface area contributed by atoms with Crippen LogP contribution in [-0.2, 0) is 6.54 Å². The zero-order valence-electron chi connectivity index (χ0n) is 9.69. The normalized spacial score (nSPS) is 10.5. The third-order valence-electron chi connectivity index (χ3n) is 2.67. The Hall–Kier alpha value is -1.00. The van der Waals surface area contributed by atoms with Gasteiger partial charge >= 0.3 is 0 Å². The minimum atomic E-state index is 0.808. The van der Waals surface area contributed by atoms with E-state index in [1.807, 2.05) is 12.1 Å². The summed E-state index contributed by atoms with van der Waals surface area (Å²) in [5, 5.41) is 2.11. The van der Waals surface area contributed by atoms with Crippen LogP contribution in [-0.4, -0.2) is 6.54 Å². The average Bonchev–Trinajstić information content (AvgIpc) is 2.73. The molecular weight excluding hydrogens is 296 g/mol. The molecule has 0 unspecified atom stereocenters. The third kappa shape index (κ3) is 3.01. The van der Waals surface area contributed by atoms with E-state index in [0.29, 0.717) is 0 Å². The number of benzene rings is 1. The first kappa shape index (κ1) is 12.5. The highest BCUT2D eigenvalue weighted by molar-refractivity contribution is 9.10. The summed E-state index contributed by atoms with van der Waals surface area (Å²) < 4.78 is 1.19. The Kier molecular flexibility index (Phi) is 4.07. The lowest BCUT2D eigenvalue weighted by Gasteiger charge is -2.22. The van der Waals surface area contributed by atoms with Crippen LogP contribution in [0.2, 0.25) is 0 Å². The maximum atomic E-state index is 5.70. The van der Waals surface area contributed by atoms with Gasteiger partial charge in [-0.2, -0.15) is 0 Å². The highest BCUT2D eigenvalue weighted by Gasteiger charge is 2.08. The van der Waals surface area contributed by atoms with Crippen LogP contribution in [0.15, 0.2) is 40.2 Å². The highest BCUT2D eigenvalue weighted by Crippen LogP contribution is 2.26. The van der Waals surface area contributed by atoms with E-state index in [4.69, 9.17) is 5.73 Å². The van der Waals surface area contributed by atoms with Gasteiger partial charge in [0.25, 0.3) is 0 Å². The van der Waals surface area contributed by atoms with E-state index in [0.717, 1.165) is 18.8 Å². The molecule has 17 heavy (non-hydrogen) atoms. The molecule has 0 bridgehead atoms. The largest absolute Gasteiger partial charge is 0.399 e. The van der Waals surface area contributed by atoms with Crippen molar-refractivity contribution in [3.63, 3.8) is 0 Å². The maximum Gasteiger partial charge on any atom is 0.0534 e. The summed E-state index contributed by atoms with van der Waals surface area (Å²) in [6.45, 7) is 4.07. The van der Waals surface area contributed by atoms with Gasteiger partial charge in [0.15, 0.2) is 0 Å². The maximum absolute atomic E-state index is 5.70. The first-order valence-corrected chi connectivity index (χ1v) is 7.20. The van der Waals surface area contributed by atoms with Crippen molar-refractivity contribution in [1.82, 2.24) is 0 Å². The quantitative estimate of drug-likeness (QED) is 0.861. The SMILES string of the molecule is CCN(Cc1sccc1Br)c1ccc(N)cc1. The van der Waals surface area contributed by atoms with Crippen molar-refractivity contribution in [3.05, 3.63) is 45.1 Å². The second-order valence-corrected chi connectivity index (χ2v) is 5.65. The minimum Gasteiger partial charge on any atom is -0.399 e. The Morgan fingerprint density at radius 3 is 2.47 bits per heavy atom. The molecule has 0 fully saturated rings. The second kappa shape index (κ2) is 5.56.